The van der Waals surface area contributed by atoms with Crippen LogP contribution in [0.1, 0.15) is 41.7 Å². The second-order valence-corrected chi connectivity index (χ2v) is 9.84. The number of nitrogens with zero attached hydrogens (tertiary/aromatic N) is 1. The molecule has 0 aliphatic heterocycles. The molecule has 40 heavy (non-hydrogen) atoms. The van der Waals surface area contributed by atoms with Gasteiger partial charge >= 0.3 is 0 Å². The summed E-state index contributed by atoms with van der Waals surface area (Å²) >= 11 is 0. The average molecular weight is 539 g/mol. The minimum absolute atomic E-state index is 0.212. The van der Waals surface area contributed by atoms with Crippen LogP contribution in [-0.4, -0.2) is 36.1 Å². The van der Waals surface area contributed by atoms with Gasteiger partial charge in [0.25, 0.3) is 0 Å². The van der Waals surface area contributed by atoms with Crippen LogP contribution in [0.4, 0.5) is 5.69 Å². The molecule has 208 valence electrons. The molecule has 6 nitrogen and oxygen atoms in total. The number of carbonyl (C=O) groups excluding carboxylic acids is 1. The summed E-state index contributed by atoms with van der Waals surface area (Å²) in [5.41, 5.74) is 4.69. The largest absolute Gasteiger partial charge is 0.497 e. The van der Waals surface area contributed by atoms with Crippen LogP contribution in [0.5, 0.6) is 11.5 Å². The monoisotopic (exact) mass is 538 g/mol. The minimum Gasteiger partial charge on any atom is -0.497 e. The van der Waals surface area contributed by atoms with Gasteiger partial charge < -0.3 is 19.9 Å². The van der Waals surface area contributed by atoms with E-state index in [4.69, 9.17) is 9.47 Å². The maximum Gasteiger partial charge on any atom is 0.211 e. The molecule has 0 bridgehead atoms. The molecule has 0 saturated heterocycles. The topological polar surface area (TPSA) is 71.0 Å². The Morgan fingerprint density at radius 2 is 1.55 bits per heavy atom. The number of rotatable bonds is 15. The van der Waals surface area contributed by atoms with E-state index in [1.165, 1.54) is 11.1 Å². The molecule has 0 fully saturated rings. The summed E-state index contributed by atoms with van der Waals surface area (Å²) in [5.74, 6) is 1.39. The second kappa shape index (κ2) is 14.9. The number of anilines is 1. The molecule has 4 aromatic rings. The Bertz CT molecular complexity index is 1310. The van der Waals surface area contributed by atoms with Crippen molar-refractivity contribution >= 4 is 12.1 Å². The average Bonchev–Trinajstić information content (AvgIpc) is 3.00. The maximum atomic E-state index is 11.4. The molecule has 1 amide bonds. The summed E-state index contributed by atoms with van der Waals surface area (Å²) in [6, 6.07) is 34.0. The molecular weight excluding hydrogens is 500 g/mol. The molecule has 2 unspecified atom stereocenters. The highest BCUT2D eigenvalue weighted by atomic mass is 16.5. The fraction of sp³-hybridized carbons (Fsp3) is 0.265. The summed E-state index contributed by atoms with van der Waals surface area (Å²) in [4.78, 5) is 13.7. The molecule has 0 radical (unpaired) electrons. The normalized spacial score (nSPS) is 12.5. The van der Waals surface area contributed by atoms with E-state index in [-0.39, 0.29) is 6.04 Å². The van der Waals surface area contributed by atoms with Crippen LogP contribution < -0.4 is 14.8 Å². The lowest BCUT2D eigenvalue weighted by molar-refractivity contribution is -0.105. The summed E-state index contributed by atoms with van der Waals surface area (Å²) in [7, 11) is 1.67. The van der Waals surface area contributed by atoms with Gasteiger partial charge in [-0.15, -0.1) is 0 Å². The van der Waals surface area contributed by atoms with Crippen LogP contribution >= 0.6 is 0 Å². The molecule has 0 heterocycles. The number of hydrogen-bond donors (Lipinski definition) is 2. The quantitative estimate of drug-likeness (QED) is 0.171. The third-order valence-electron chi connectivity index (χ3n) is 7.09. The van der Waals surface area contributed by atoms with Crippen molar-refractivity contribution in [1.29, 1.82) is 0 Å². The zero-order valence-corrected chi connectivity index (χ0v) is 23.2. The van der Waals surface area contributed by atoms with Gasteiger partial charge in [0.2, 0.25) is 6.41 Å². The van der Waals surface area contributed by atoms with Gasteiger partial charge in [-0.05, 0) is 59.4 Å². The third kappa shape index (κ3) is 8.18. The Morgan fingerprint density at radius 3 is 2.17 bits per heavy atom. The van der Waals surface area contributed by atoms with Crippen molar-refractivity contribution < 1.29 is 19.4 Å². The molecule has 0 aliphatic rings. The molecule has 2 atom stereocenters. The van der Waals surface area contributed by atoms with Crippen molar-refractivity contribution in [3.63, 3.8) is 0 Å². The molecule has 4 aromatic carbocycles. The number of carbonyl (C=O) groups is 1. The summed E-state index contributed by atoms with van der Waals surface area (Å²) in [6.07, 6.45) is 1.65. The Morgan fingerprint density at radius 1 is 0.875 bits per heavy atom. The lowest BCUT2D eigenvalue weighted by Gasteiger charge is -2.33. The van der Waals surface area contributed by atoms with Gasteiger partial charge in [0.1, 0.15) is 18.1 Å². The zero-order chi connectivity index (χ0) is 28.2. The van der Waals surface area contributed by atoms with Gasteiger partial charge in [-0.1, -0.05) is 85.8 Å². The Hall–Kier alpha value is -4.13. The molecule has 0 saturated carbocycles. The molecule has 6 heteroatoms. The number of nitrogens with one attached hydrogen (secondary N) is 1. The number of amides is 1. The van der Waals surface area contributed by atoms with Gasteiger partial charge in [0.15, 0.2) is 0 Å². The van der Waals surface area contributed by atoms with Crippen LogP contribution in [-0.2, 0) is 24.4 Å². The second-order valence-electron chi connectivity index (χ2n) is 9.84. The van der Waals surface area contributed by atoms with Crippen molar-refractivity contribution in [1.82, 2.24) is 4.90 Å². The third-order valence-corrected chi connectivity index (χ3v) is 7.09. The smallest absolute Gasteiger partial charge is 0.211 e. The number of methoxy groups -OCH3 is 1. The summed E-state index contributed by atoms with van der Waals surface area (Å²) < 4.78 is 11.3. The van der Waals surface area contributed by atoms with E-state index in [1.54, 1.807) is 13.2 Å². The summed E-state index contributed by atoms with van der Waals surface area (Å²) in [5, 5.41) is 14.2. The van der Waals surface area contributed by atoms with Crippen molar-refractivity contribution in [3.8, 4) is 11.5 Å². The van der Waals surface area contributed by atoms with E-state index >= 15 is 0 Å². The highest BCUT2D eigenvalue weighted by Crippen LogP contribution is 2.30. The van der Waals surface area contributed by atoms with E-state index in [0.29, 0.717) is 43.1 Å². The first kappa shape index (κ1) is 28.9. The Kier molecular flexibility index (Phi) is 10.7. The number of aliphatic hydroxyl groups is 1. The lowest BCUT2D eigenvalue weighted by atomic mass is 9.99. The van der Waals surface area contributed by atoms with E-state index in [9.17, 15) is 9.90 Å². The minimum atomic E-state index is -0.760. The highest BCUT2D eigenvalue weighted by Gasteiger charge is 2.22. The van der Waals surface area contributed by atoms with Crippen LogP contribution in [0.25, 0.3) is 0 Å². The molecule has 2 N–H and O–H groups in total. The SMILES string of the molecule is CCC(Cc1ccc(OC)cc1)N(Cc1ccccc1)CC(O)c1ccc(OCc2ccccc2)c(NC=O)c1. The van der Waals surface area contributed by atoms with E-state index in [2.05, 4.69) is 41.4 Å². The van der Waals surface area contributed by atoms with Crippen molar-refractivity contribution in [2.45, 2.75) is 45.1 Å². The first-order valence-corrected chi connectivity index (χ1v) is 13.7. The summed E-state index contributed by atoms with van der Waals surface area (Å²) in [6.45, 7) is 3.72. The maximum absolute atomic E-state index is 11.4. The van der Waals surface area contributed by atoms with Crippen LogP contribution in [0.15, 0.2) is 103 Å². The predicted octanol–water partition coefficient (Wildman–Crippen LogP) is 6.40. The predicted molar refractivity (Wildman–Crippen MR) is 159 cm³/mol. The standard InChI is InChI=1S/C34H38N2O4/c1-3-30(20-26-14-17-31(39-2)18-15-26)36(22-27-10-6-4-7-11-27)23-33(38)29-16-19-34(32(21-29)35-25-37)40-24-28-12-8-5-9-13-28/h4-19,21,25,30,33,38H,3,20,22-24H2,1-2H3,(H,35,37). The lowest BCUT2D eigenvalue weighted by Crippen LogP contribution is -2.39. The van der Waals surface area contributed by atoms with Crippen molar-refractivity contribution in [2.75, 3.05) is 19.0 Å². The molecule has 0 aromatic heterocycles. The van der Waals surface area contributed by atoms with Crippen molar-refractivity contribution in [3.05, 3.63) is 125 Å². The van der Waals surface area contributed by atoms with Crippen LogP contribution in [0.3, 0.4) is 0 Å². The van der Waals surface area contributed by atoms with Crippen LogP contribution in [0, 0.1) is 0 Å². The van der Waals surface area contributed by atoms with Crippen LogP contribution in [0.2, 0.25) is 0 Å². The van der Waals surface area contributed by atoms with E-state index in [1.807, 2.05) is 72.8 Å². The molecule has 4 rings (SSSR count). The number of aliphatic hydroxyl groups excluding tert-OH is 1. The zero-order valence-electron chi connectivity index (χ0n) is 23.2. The number of benzene rings is 4. The Labute approximate surface area is 237 Å². The molecule has 0 aliphatic carbocycles. The van der Waals surface area contributed by atoms with E-state index < -0.39 is 6.10 Å². The van der Waals surface area contributed by atoms with Crippen molar-refractivity contribution in [2.24, 2.45) is 0 Å². The van der Waals surface area contributed by atoms with Gasteiger partial charge in [0.05, 0.1) is 18.9 Å². The molecule has 0 spiro atoms. The first-order chi connectivity index (χ1) is 19.6. The Balaban J connectivity index is 1.53. The fourth-order valence-corrected chi connectivity index (χ4v) is 4.85. The van der Waals surface area contributed by atoms with Gasteiger partial charge in [-0.2, -0.15) is 0 Å². The molecular formula is C34H38N2O4. The van der Waals surface area contributed by atoms with E-state index in [0.717, 1.165) is 24.2 Å². The first-order valence-electron chi connectivity index (χ1n) is 13.7. The number of ether oxygens (including phenoxy) is 2. The van der Waals surface area contributed by atoms with Gasteiger partial charge in [0, 0.05) is 19.1 Å². The van der Waals surface area contributed by atoms with Gasteiger partial charge in [-0.3, -0.25) is 9.69 Å². The fourth-order valence-electron chi connectivity index (χ4n) is 4.85. The van der Waals surface area contributed by atoms with Gasteiger partial charge in [-0.25, -0.2) is 0 Å². The number of hydrogen-bond acceptors (Lipinski definition) is 5. The highest BCUT2D eigenvalue weighted by molar-refractivity contribution is 5.76.